The third-order valence-electron chi connectivity index (χ3n) is 7.45. The molecule has 3 rings (SSSR count). The van der Waals surface area contributed by atoms with Crippen molar-refractivity contribution in [3.8, 4) is 0 Å². The Hall–Kier alpha value is -1.99. The topological polar surface area (TPSA) is 81.8 Å². The Balaban J connectivity index is 1.57. The third kappa shape index (κ3) is 7.50. The number of benzene rings is 1. The van der Waals surface area contributed by atoms with Gasteiger partial charge in [-0.05, 0) is 43.4 Å². The molecule has 1 aliphatic heterocycles. The summed E-state index contributed by atoms with van der Waals surface area (Å²) in [6.45, 7) is 7.39. The van der Waals surface area contributed by atoms with Gasteiger partial charge in [-0.1, -0.05) is 69.2 Å². The van der Waals surface area contributed by atoms with Gasteiger partial charge >= 0.3 is 6.03 Å². The average Bonchev–Trinajstić information content (AvgIpc) is 3.35. The summed E-state index contributed by atoms with van der Waals surface area (Å²) in [5.74, 6) is 0.692. The molecule has 1 saturated heterocycles. The predicted molar refractivity (Wildman–Crippen MR) is 141 cm³/mol. The lowest BCUT2D eigenvalue weighted by molar-refractivity contribution is -0.144. The molecule has 4 amide bonds. The Labute approximate surface area is 218 Å². The van der Waals surface area contributed by atoms with Crippen molar-refractivity contribution in [1.82, 2.24) is 15.1 Å². The van der Waals surface area contributed by atoms with Crippen LogP contribution in [0.15, 0.2) is 18.2 Å². The molecule has 1 aromatic rings. The number of halogens is 2. The largest absolute Gasteiger partial charge is 0.337 e. The summed E-state index contributed by atoms with van der Waals surface area (Å²) in [7, 11) is 0. The maximum Gasteiger partial charge on any atom is 0.319 e. The summed E-state index contributed by atoms with van der Waals surface area (Å²) in [6, 6.07) is 3.57. The van der Waals surface area contributed by atoms with Crippen molar-refractivity contribution in [2.24, 2.45) is 11.8 Å². The SMILES string of the molecule is CCC(C)C(NC(=O)Nc1ccc(Cl)cc1Cl)C(=O)N1CCN(C(=O)CCC2CCCC2)C(C)C1. The fourth-order valence-electron chi connectivity index (χ4n) is 5.07. The summed E-state index contributed by atoms with van der Waals surface area (Å²) in [4.78, 5) is 42.7. The number of carbonyl (C=O) groups is 3. The Morgan fingerprint density at radius 1 is 1.14 bits per heavy atom. The van der Waals surface area contributed by atoms with Crippen LogP contribution in [0.3, 0.4) is 0 Å². The molecule has 2 N–H and O–H groups in total. The van der Waals surface area contributed by atoms with Gasteiger partial charge in [-0.25, -0.2) is 4.79 Å². The van der Waals surface area contributed by atoms with Gasteiger partial charge in [0.25, 0.3) is 0 Å². The summed E-state index contributed by atoms with van der Waals surface area (Å²) in [5, 5.41) is 6.34. The molecule has 1 aromatic carbocycles. The van der Waals surface area contributed by atoms with E-state index in [4.69, 9.17) is 23.2 Å². The number of hydrogen-bond donors (Lipinski definition) is 2. The van der Waals surface area contributed by atoms with Crippen LogP contribution < -0.4 is 10.6 Å². The molecule has 7 nitrogen and oxygen atoms in total. The van der Waals surface area contributed by atoms with Crippen LogP contribution in [-0.4, -0.2) is 59.4 Å². The number of nitrogens with one attached hydrogen (secondary N) is 2. The minimum Gasteiger partial charge on any atom is -0.337 e. The van der Waals surface area contributed by atoms with Crippen molar-refractivity contribution in [2.45, 2.75) is 77.8 Å². The van der Waals surface area contributed by atoms with Crippen molar-refractivity contribution in [3.05, 3.63) is 28.2 Å². The van der Waals surface area contributed by atoms with Crippen LogP contribution in [0.1, 0.15) is 65.7 Å². The average molecular weight is 526 g/mol. The van der Waals surface area contributed by atoms with E-state index in [1.54, 1.807) is 23.1 Å². The molecule has 1 saturated carbocycles. The Morgan fingerprint density at radius 3 is 2.49 bits per heavy atom. The zero-order valence-corrected chi connectivity index (χ0v) is 22.5. The van der Waals surface area contributed by atoms with E-state index in [9.17, 15) is 14.4 Å². The fourth-order valence-corrected chi connectivity index (χ4v) is 5.52. The normalized spacial score (nSPS) is 20.4. The minimum absolute atomic E-state index is 0.0527. The van der Waals surface area contributed by atoms with Crippen LogP contribution in [-0.2, 0) is 9.59 Å². The summed E-state index contributed by atoms with van der Waals surface area (Å²) < 4.78 is 0. The first kappa shape index (κ1) is 27.6. The number of amides is 4. The van der Waals surface area contributed by atoms with Gasteiger partial charge in [-0.2, -0.15) is 0 Å². The molecule has 0 radical (unpaired) electrons. The van der Waals surface area contributed by atoms with Crippen molar-refractivity contribution in [2.75, 3.05) is 25.0 Å². The quantitative estimate of drug-likeness (QED) is 0.466. The first-order valence-corrected chi connectivity index (χ1v) is 13.6. The van der Waals surface area contributed by atoms with Crippen LogP contribution in [0, 0.1) is 11.8 Å². The van der Waals surface area contributed by atoms with E-state index in [0.717, 1.165) is 12.8 Å². The van der Waals surface area contributed by atoms with E-state index < -0.39 is 12.1 Å². The highest BCUT2D eigenvalue weighted by Crippen LogP contribution is 2.29. The number of urea groups is 1. The van der Waals surface area contributed by atoms with Crippen LogP contribution in [0.5, 0.6) is 0 Å². The van der Waals surface area contributed by atoms with Crippen LogP contribution in [0.4, 0.5) is 10.5 Å². The van der Waals surface area contributed by atoms with Gasteiger partial charge in [0.15, 0.2) is 0 Å². The monoisotopic (exact) mass is 524 g/mol. The molecule has 194 valence electrons. The van der Waals surface area contributed by atoms with Gasteiger partial charge in [0, 0.05) is 37.1 Å². The van der Waals surface area contributed by atoms with Gasteiger partial charge in [-0.15, -0.1) is 0 Å². The number of piperazine rings is 1. The van der Waals surface area contributed by atoms with E-state index in [2.05, 4.69) is 10.6 Å². The molecule has 2 aliphatic rings. The van der Waals surface area contributed by atoms with Crippen molar-refractivity contribution in [1.29, 1.82) is 0 Å². The highest BCUT2D eigenvalue weighted by molar-refractivity contribution is 6.36. The standard InChI is InChI=1S/C26H38Cl2N4O3/c1-4-17(2)24(30-26(35)29-22-11-10-20(27)15-21(22)28)25(34)31-13-14-32(18(3)16-31)23(33)12-9-19-7-5-6-8-19/h10-11,15,17-19,24H,4-9,12-14,16H2,1-3H3,(H2,29,30,35). The van der Waals surface area contributed by atoms with E-state index in [0.29, 0.717) is 47.7 Å². The lowest BCUT2D eigenvalue weighted by Gasteiger charge is -2.41. The maximum absolute atomic E-state index is 13.5. The molecule has 9 heteroatoms. The van der Waals surface area contributed by atoms with Crippen LogP contribution >= 0.6 is 23.2 Å². The second-order valence-corrected chi connectivity index (χ2v) is 10.8. The predicted octanol–water partition coefficient (Wildman–Crippen LogP) is 5.56. The van der Waals surface area contributed by atoms with E-state index >= 15 is 0 Å². The smallest absolute Gasteiger partial charge is 0.319 e. The van der Waals surface area contributed by atoms with Gasteiger partial charge in [-0.3, -0.25) is 9.59 Å². The van der Waals surface area contributed by atoms with Gasteiger partial charge in [0.1, 0.15) is 6.04 Å². The minimum atomic E-state index is -0.678. The second kappa shape index (κ2) is 12.8. The zero-order chi connectivity index (χ0) is 25.5. The Kier molecular flexibility index (Phi) is 10.1. The Bertz CT molecular complexity index is 907. The van der Waals surface area contributed by atoms with E-state index in [1.165, 1.54) is 25.7 Å². The van der Waals surface area contributed by atoms with Crippen molar-refractivity contribution in [3.63, 3.8) is 0 Å². The summed E-state index contributed by atoms with van der Waals surface area (Å²) >= 11 is 12.1. The first-order chi connectivity index (χ1) is 16.7. The third-order valence-corrected chi connectivity index (χ3v) is 7.99. The number of hydrogen-bond acceptors (Lipinski definition) is 3. The van der Waals surface area contributed by atoms with Crippen molar-refractivity contribution >= 4 is 46.7 Å². The molecular weight excluding hydrogens is 487 g/mol. The highest BCUT2D eigenvalue weighted by atomic mass is 35.5. The maximum atomic E-state index is 13.5. The van der Waals surface area contributed by atoms with Crippen LogP contribution in [0.2, 0.25) is 10.0 Å². The summed E-state index contributed by atoms with van der Waals surface area (Å²) in [6.07, 6.45) is 7.34. The van der Waals surface area contributed by atoms with E-state index in [-0.39, 0.29) is 23.8 Å². The Morgan fingerprint density at radius 2 is 1.86 bits per heavy atom. The highest BCUT2D eigenvalue weighted by Gasteiger charge is 2.35. The molecule has 3 unspecified atom stereocenters. The molecule has 0 aromatic heterocycles. The second-order valence-electron chi connectivity index (χ2n) is 10.00. The zero-order valence-electron chi connectivity index (χ0n) is 21.0. The molecule has 35 heavy (non-hydrogen) atoms. The van der Waals surface area contributed by atoms with Crippen molar-refractivity contribution < 1.29 is 14.4 Å². The molecule has 0 bridgehead atoms. The number of nitrogens with zero attached hydrogens (tertiary/aromatic N) is 2. The van der Waals surface area contributed by atoms with Crippen LogP contribution in [0.25, 0.3) is 0 Å². The molecular formula is C26H38Cl2N4O3. The lowest BCUT2D eigenvalue weighted by atomic mass is 9.97. The van der Waals surface area contributed by atoms with E-state index in [1.807, 2.05) is 25.7 Å². The fraction of sp³-hybridized carbons (Fsp3) is 0.654. The van der Waals surface area contributed by atoms with Gasteiger partial charge in [0.05, 0.1) is 10.7 Å². The molecule has 1 heterocycles. The lowest BCUT2D eigenvalue weighted by Crippen LogP contribution is -2.60. The van der Waals surface area contributed by atoms with Gasteiger partial charge < -0.3 is 20.4 Å². The first-order valence-electron chi connectivity index (χ1n) is 12.8. The molecule has 3 atom stereocenters. The number of anilines is 1. The number of rotatable bonds is 8. The molecule has 1 aliphatic carbocycles. The summed E-state index contributed by atoms with van der Waals surface area (Å²) in [5.41, 5.74) is 0.419. The van der Waals surface area contributed by atoms with Gasteiger partial charge in [0.2, 0.25) is 11.8 Å². The molecule has 2 fully saturated rings. The number of carbonyl (C=O) groups excluding carboxylic acids is 3. The molecule has 0 spiro atoms.